The number of likely N-dealkylation sites (tertiary alicyclic amines) is 1. The molecule has 1 aliphatic heterocycles. The van der Waals surface area contributed by atoms with Crippen LogP contribution in [-0.2, 0) is 12.8 Å². The van der Waals surface area contributed by atoms with Crippen LogP contribution in [0.4, 0.5) is 5.82 Å². The van der Waals surface area contributed by atoms with E-state index in [1.54, 1.807) is 6.33 Å². The van der Waals surface area contributed by atoms with E-state index in [2.05, 4.69) is 32.4 Å². The summed E-state index contributed by atoms with van der Waals surface area (Å²) in [6.45, 7) is 6.86. The monoisotopic (exact) mass is 300 g/mol. The van der Waals surface area contributed by atoms with Crippen LogP contribution >= 0.6 is 0 Å². The number of hydrogen-bond acceptors (Lipinski definition) is 5. The van der Waals surface area contributed by atoms with Crippen molar-refractivity contribution in [2.75, 3.05) is 31.5 Å². The van der Waals surface area contributed by atoms with Crippen molar-refractivity contribution >= 4 is 11.5 Å². The maximum atomic E-state index is 4.69. The van der Waals surface area contributed by atoms with Gasteiger partial charge in [-0.2, -0.15) is 4.52 Å². The van der Waals surface area contributed by atoms with E-state index in [0.29, 0.717) is 0 Å². The van der Waals surface area contributed by atoms with Gasteiger partial charge in [0.1, 0.15) is 6.33 Å². The minimum Gasteiger partial charge on any atom is -0.367 e. The van der Waals surface area contributed by atoms with Gasteiger partial charge in [-0.1, -0.05) is 6.92 Å². The van der Waals surface area contributed by atoms with Crippen LogP contribution in [0.15, 0.2) is 6.33 Å². The first kappa shape index (κ1) is 13.9. The number of hydrogen-bond donors (Lipinski definition) is 1. The third-order valence-electron chi connectivity index (χ3n) is 4.99. The fourth-order valence-electron chi connectivity index (χ4n) is 3.79. The van der Waals surface area contributed by atoms with Crippen LogP contribution in [0, 0.1) is 5.92 Å². The Hall–Kier alpha value is -1.69. The molecule has 0 spiro atoms. The first-order valence-corrected chi connectivity index (χ1v) is 8.49. The molecule has 22 heavy (non-hydrogen) atoms. The number of fused-ring (bicyclic) bond motifs is 3. The van der Waals surface area contributed by atoms with Crippen LogP contribution in [0.1, 0.15) is 37.3 Å². The Bertz CT molecular complexity index is 664. The number of anilines is 1. The lowest BCUT2D eigenvalue weighted by Gasteiger charge is -2.21. The fourth-order valence-corrected chi connectivity index (χ4v) is 3.79. The topological polar surface area (TPSA) is 58.4 Å². The minimum absolute atomic E-state index is 0.847. The van der Waals surface area contributed by atoms with Crippen molar-refractivity contribution in [3.8, 4) is 0 Å². The second-order valence-electron chi connectivity index (χ2n) is 6.73. The Labute approximate surface area is 130 Å². The van der Waals surface area contributed by atoms with Crippen molar-refractivity contribution < 1.29 is 0 Å². The standard InChI is InChI=1S/C16H24N6/c1-12-6-8-21(10-12)9-7-17-15-13-4-2-3-5-14(13)16-19-18-11-22(16)20-15/h11-12H,2-10H2,1H3,(H,17,20). The molecule has 3 heterocycles. The van der Waals surface area contributed by atoms with Crippen molar-refractivity contribution in [1.82, 2.24) is 24.7 Å². The normalized spacial score (nSPS) is 22.1. The highest BCUT2D eigenvalue weighted by Crippen LogP contribution is 2.28. The fraction of sp³-hybridized carbons (Fsp3) is 0.688. The van der Waals surface area contributed by atoms with Crippen molar-refractivity contribution in [1.29, 1.82) is 0 Å². The average molecular weight is 300 g/mol. The highest BCUT2D eigenvalue weighted by Gasteiger charge is 2.21. The van der Waals surface area contributed by atoms with E-state index in [1.165, 1.54) is 43.5 Å². The van der Waals surface area contributed by atoms with Gasteiger partial charge in [-0.15, -0.1) is 15.3 Å². The Morgan fingerprint density at radius 1 is 1.27 bits per heavy atom. The molecule has 2 aliphatic rings. The van der Waals surface area contributed by atoms with Gasteiger partial charge in [-0.05, 0) is 44.6 Å². The van der Waals surface area contributed by atoms with Crippen molar-refractivity contribution in [3.05, 3.63) is 17.5 Å². The highest BCUT2D eigenvalue weighted by molar-refractivity contribution is 5.59. The van der Waals surface area contributed by atoms with Gasteiger partial charge in [0.2, 0.25) is 0 Å². The minimum atomic E-state index is 0.847. The van der Waals surface area contributed by atoms with Gasteiger partial charge in [-0.25, -0.2) is 0 Å². The average Bonchev–Trinajstić information content (AvgIpc) is 3.16. The summed E-state index contributed by atoms with van der Waals surface area (Å²) in [5.41, 5.74) is 3.64. The highest BCUT2D eigenvalue weighted by atomic mass is 15.4. The SMILES string of the molecule is CC1CCN(CCNc2nn3cnnc3c3c2CCCC3)C1. The summed E-state index contributed by atoms with van der Waals surface area (Å²) in [7, 11) is 0. The molecular weight excluding hydrogens is 276 g/mol. The van der Waals surface area contributed by atoms with Gasteiger partial charge in [-0.3, -0.25) is 0 Å². The third-order valence-corrected chi connectivity index (χ3v) is 4.99. The van der Waals surface area contributed by atoms with Gasteiger partial charge in [0.15, 0.2) is 11.5 Å². The summed E-state index contributed by atoms with van der Waals surface area (Å²) in [4.78, 5) is 2.54. The molecule has 6 heteroatoms. The largest absolute Gasteiger partial charge is 0.367 e. The molecule has 1 aliphatic carbocycles. The van der Waals surface area contributed by atoms with Gasteiger partial charge >= 0.3 is 0 Å². The first-order valence-electron chi connectivity index (χ1n) is 8.49. The van der Waals surface area contributed by atoms with Gasteiger partial charge < -0.3 is 10.2 Å². The Balaban J connectivity index is 1.51. The van der Waals surface area contributed by atoms with E-state index in [-0.39, 0.29) is 0 Å². The van der Waals surface area contributed by atoms with Crippen molar-refractivity contribution in [2.24, 2.45) is 5.92 Å². The van der Waals surface area contributed by atoms with Crippen molar-refractivity contribution in [3.63, 3.8) is 0 Å². The number of nitrogens with one attached hydrogen (secondary N) is 1. The molecule has 0 aromatic carbocycles. The van der Waals surface area contributed by atoms with Crippen LogP contribution in [0.2, 0.25) is 0 Å². The number of rotatable bonds is 4. The Kier molecular flexibility index (Phi) is 3.70. The van der Waals surface area contributed by atoms with E-state index in [0.717, 1.165) is 43.3 Å². The molecule has 6 nitrogen and oxygen atoms in total. The van der Waals surface area contributed by atoms with Crippen LogP contribution in [-0.4, -0.2) is 50.9 Å². The van der Waals surface area contributed by atoms with Crippen molar-refractivity contribution in [2.45, 2.75) is 39.0 Å². The lowest BCUT2D eigenvalue weighted by molar-refractivity contribution is 0.340. The number of nitrogens with zero attached hydrogens (tertiary/aromatic N) is 5. The Morgan fingerprint density at radius 2 is 2.14 bits per heavy atom. The molecule has 1 fully saturated rings. The second kappa shape index (κ2) is 5.83. The third kappa shape index (κ3) is 2.56. The van der Waals surface area contributed by atoms with E-state index in [4.69, 9.17) is 0 Å². The predicted molar refractivity (Wildman–Crippen MR) is 86.1 cm³/mol. The molecule has 4 rings (SSSR count). The summed E-state index contributed by atoms with van der Waals surface area (Å²) in [5, 5.41) is 16.5. The molecular formula is C16H24N6. The zero-order chi connectivity index (χ0) is 14.9. The van der Waals surface area contributed by atoms with Crippen LogP contribution < -0.4 is 5.32 Å². The van der Waals surface area contributed by atoms with Crippen LogP contribution in [0.3, 0.4) is 0 Å². The van der Waals surface area contributed by atoms with Gasteiger partial charge in [0.05, 0.1) is 0 Å². The molecule has 0 amide bonds. The molecule has 2 aromatic rings. The quantitative estimate of drug-likeness (QED) is 0.932. The molecule has 1 saturated heterocycles. The molecule has 1 N–H and O–H groups in total. The van der Waals surface area contributed by atoms with Crippen LogP contribution in [0.25, 0.3) is 5.65 Å². The van der Waals surface area contributed by atoms with Gasteiger partial charge in [0.25, 0.3) is 0 Å². The molecule has 118 valence electrons. The maximum absolute atomic E-state index is 4.69. The molecule has 1 unspecified atom stereocenters. The Morgan fingerprint density at radius 3 is 2.95 bits per heavy atom. The lowest BCUT2D eigenvalue weighted by Crippen LogP contribution is -2.27. The lowest BCUT2D eigenvalue weighted by atomic mass is 9.93. The molecule has 0 bridgehead atoms. The zero-order valence-electron chi connectivity index (χ0n) is 13.3. The smallest absolute Gasteiger partial charge is 0.181 e. The molecule has 2 aromatic heterocycles. The van der Waals surface area contributed by atoms with E-state index >= 15 is 0 Å². The molecule has 1 atom stereocenters. The zero-order valence-corrected chi connectivity index (χ0v) is 13.3. The second-order valence-corrected chi connectivity index (χ2v) is 6.73. The molecule has 0 radical (unpaired) electrons. The summed E-state index contributed by atoms with van der Waals surface area (Å²) < 4.78 is 1.82. The molecule has 0 saturated carbocycles. The summed E-state index contributed by atoms with van der Waals surface area (Å²) in [6, 6.07) is 0. The maximum Gasteiger partial charge on any atom is 0.181 e. The number of aryl methyl sites for hydroxylation is 1. The summed E-state index contributed by atoms with van der Waals surface area (Å²) >= 11 is 0. The summed E-state index contributed by atoms with van der Waals surface area (Å²) in [5.74, 6) is 1.88. The van der Waals surface area contributed by atoms with E-state index in [9.17, 15) is 0 Å². The first-order chi connectivity index (χ1) is 10.8. The van der Waals surface area contributed by atoms with E-state index < -0.39 is 0 Å². The van der Waals surface area contributed by atoms with E-state index in [1.807, 2.05) is 4.52 Å². The predicted octanol–water partition coefficient (Wildman–Crippen LogP) is 1.76. The van der Waals surface area contributed by atoms with Gasteiger partial charge in [0, 0.05) is 30.8 Å². The number of aromatic nitrogens is 4. The summed E-state index contributed by atoms with van der Waals surface area (Å²) in [6.07, 6.45) is 7.73. The van der Waals surface area contributed by atoms with Crippen LogP contribution in [0.5, 0.6) is 0 Å².